The molecule has 0 saturated carbocycles. The molecule has 4 rings (SSSR count). The Balaban J connectivity index is 1.74. The van der Waals surface area contributed by atoms with E-state index >= 15 is 0 Å². The van der Waals surface area contributed by atoms with Gasteiger partial charge in [-0.05, 0) is 49.1 Å². The van der Waals surface area contributed by atoms with Gasteiger partial charge in [0.15, 0.2) is 5.13 Å². The number of thiazole rings is 1. The fraction of sp³-hybridized carbons (Fsp3) is 0.357. The van der Waals surface area contributed by atoms with Crippen molar-refractivity contribution in [3.8, 4) is 5.00 Å². The molecule has 0 unspecified atom stereocenters. The molecule has 0 fully saturated rings. The van der Waals surface area contributed by atoms with E-state index < -0.39 is 0 Å². The van der Waals surface area contributed by atoms with E-state index in [-0.39, 0.29) is 5.91 Å². The Labute approximate surface area is 140 Å². The molecular weight excluding hydrogens is 332 g/mol. The maximum absolute atomic E-state index is 12.9. The average molecular weight is 346 g/mol. The number of rotatable bonds is 3. The first-order valence-electron chi connectivity index (χ1n) is 7.26. The molecule has 0 radical (unpaired) electrons. The normalized spacial score (nSPS) is 13.3. The summed E-state index contributed by atoms with van der Waals surface area (Å²) in [5, 5.41) is 15.6. The number of aromatic nitrogens is 5. The first kappa shape index (κ1) is 14.5. The van der Waals surface area contributed by atoms with Crippen molar-refractivity contribution in [1.82, 2.24) is 25.2 Å². The van der Waals surface area contributed by atoms with Crippen LogP contribution in [0.3, 0.4) is 0 Å². The van der Waals surface area contributed by atoms with Gasteiger partial charge in [0.25, 0.3) is 5.91 Å². The van der Waals surface area contributed by atoms with Gasteiger partial charge in [-0.25, -0.2) is 4.98 Å². The zero-order valence-electron chi connectivity index (χ0n) is 12.7. The molecule has 3 aromatic heterocycles. The van der Waals surface area contributed by atoms with Gasteiger partial charge in [-0.2, -0.15) is 4.68 Å². The number of carbonyl (C=O) groups excluding carboxylic acids is 1. The minimum atomic E-state index is -0.136. The quantitative estimate of drug-likeness (QED) is 0.788. The number of anilines is 1. The largest absolute Gasteiger partial charge is 0.298 e. The van der Waals surface area contributed by atoms with Crippen molar-refractivity contribution in [3.05, 3.63) is 32.9 Å². The lowest BCUT2D eigenvalue weighted by Gasteiger charge is -2.05. The minimum absolute atomic E-state index is 0.136. The number of tetrazole rings is 1. The molecule has 1 aliphatic carbocycles. The molecule has 0 aliphatic heterocycles. The molecule has 0 atom stereocenters. The number of hydrogen-bond acceptors (Lipinski definition) is 7. The Bertz CT molecular complexity index is 860. The zero-order chi connectivity index (χ0) is 16.0. The second kappa shape index (κ2) is 5.50. The lowest BCUT2D eigenvalue weighted by molar-refractivity contribution is 0.102. The van der Waals surface area contributed by atoms with Gasteiger partial charge in [0.05, 0.1) is 11.3 Å². The number of carbonyl (C=O) groups is 1. The molecule has 1 amide bonds. The van der Waals surface area contributed by atoms with E-state index in [4.69, 9.17) is 0 Å². The predicted octanol–water partition coefficient (Wildman–Crippen LogP) is 2.54. The number of thiophene rings is 1. The summed E-state index contributed by atoms with van der Waals surface area (Å²) in [5.41, 5.74) is 2.75. The second-order valence-corrected chi connectivity index (χ2v) is 7.69. The molecule has 118 valence electrons. The SMILES string of the molecule is Cc1nc(NC(=O)c2c(-n3cnnn3)sc3c2CCC3)sc1C. The molecule has 7 nitrogen and oxygen atoms in total. The summed E-state index contributed by atoms with van der Waals surface area (Å²) in [7, 11) is 0. The zero-order valence-corrected chi connectivity index (χ0v) is 14.3. The molecule has 0 aromatic carbocycles. The Hall–Kier alpha value is -2.13. The summed E-state index contributed by atoms with van der Waals surface area (Å²) < 4.78 is 1.57. The topological polar surface area (TPSA) is 85.6 Å². The molecule has 1 aliphatic rings. The van der Waals surface area contributed by atoms with Crippen molar-refractivity contribution in [2.75, 3.05) is 5.32 Å². The number of aryl methyl sites for hydroxylation is 3. The van der Waals surface area contributed by atoms with Crippen molar-refractivity contribution >= 4 is 33.7 Å². The van der Waals surface area contributed by atoms with E-state index in [9.17, 15) is 4.79 Å². The number of amides is 1. The van der Waals surface area contributed by atoms with Crippen LogP contribution in [-0.4, -0.2) is 31.1 Å². The van der Waals surface area contributed by atoms with Crippen molar-refractivity contribution in [1.29, 1.82) is 0 Å². The third-order valence-electron chi connectivity index (χ3n) is 3.94. The monoisotopic (exact) mass is 346 g/mol. The fourth-order valence-corrected chi connectivity index (χ4v) is 4.84. The van der Waals surface area contributed by atoms with Crippen LogP contribution in [-0.2, 0) is 12.8 Å². The van der Waals surface area contributed by atoms with Gasteiger partial charge in [-0.15, -0.1) is 27.8 Å². The first-order chi connectivity index (χ1) is 11.1. The van der Waals surface area contributed by atoms with Gasteiger partial charge in [-0.3, -0.25) is 10.1 Å². The Kier molecular flexibility index (Phi) is 3.46. The van der Waals surface area contributed by atoms with E-state index in [1.807, 2.05) is 13.8 Å². The second-order valence-electron chi connectivity index (χ2n) is 5.41. The number of hydrogen-bond donors (Lipinski definition) is 1. The minimum Gasteiger partial charge on any atom is -0.298 e. The highest BCUT2D eigenvalue weighted by Crippen LogP contribution is 2.38. The molecule has 0 bridgehead atoms. The Morgan fingerprint density at radius 2 is 2.17 bits per heavy atom. The van der Waals surface area contributed by atoms with Crippen LogP contribution in [0.5, 0.6) is 0 Å². The van der Waals surface area contributed by atoms with Gasteiger partial charge in [0, 0.05) is 9.75 Å². The van der Waals surface area contributed by atoms with Crippen LogP contribution >= 0.6 is 22.7 Å². The maximum Gasteiger partial charge on any atom is 0.260 e. The molecular formula is C14H14N6OS2. The highest BCUT2D eigenvalue weighted by molar-refractivity contribution is 7.16. The predicted molar refractivity (Wildman–Crippen MR) is 88.6 cm³/mol. The highest BCUT2D eigenvalue weighted by atomic mass is 32.1. The standard InChI is InChI=1S/C14H14N6OS2/c1-7-8(2)22-14(16-7)17-12(21)11-9-4-3-5-10(9)23-13(11)20-6-15-18-19-20/h6H,3-5H2,1-2H3,(H,16,17,21). The first-order valence-corrected chi connectivity index (χ1v) is 8.90. The van der Waals surface area contributed by atoms with E-state index in [2.05, 4.69) is 25.8 Å². The van der Waals surface area contributed by atoms with Crippen LogP contribution < -0.4 is 5.32 Å². The summed E-state index contributed by atoms with van der Waals surface area (Å²) in [4.78, 5) is 19.6. The summed E-state index contributed by atoms with van der Waals surface area (Å²) in [5.74, 6) is -0.136. The van der Waals surface area contributed by atoms with E-state index in [1.165, 1.54) is 22.5 Å². The number of nitrogens with zero attached hydrogens (tertiary/aromatic N) is 5. The Morgan fingerprint density at radius 1 is 1.30 bits per heavy atom. The van der Waals surface area contributed by atoms with Crippen molar-refractivity contribution in [2.45, 2.75) is 33.1 Å². The van der Waals surface area contributed by atoms with Crippen LogP contribution in [0, 0.1) is 13.8 Å². The van der Waals surface area contributed by atoms with Crippen LogP contribution in [0.15, 0.2) is 6.33 Å². The summed E-state index contributed by atoms with van der Waals surface area (Å²) in [6.07, 6.45) is 4.55. The van der Waals surface area contributed by atoms with E-state index in [0.717, 1.165) is 40.4 Å². The molecule has 9 heteroatoms. The molecule has 1 N–H and O–H groups in total. The van der Waals surface area contributed by atoms with Gasteiger partial charge < -0.3 is 0 Å². The van der Waals surface area contributed by atoms with E-state index in [0.29, 0.717) is 10.7 Å². The van der Waals surface area contributed by atoms with Crippen molar-refractivity contribution in [2.24, 2.45) is 0 Å². The maximum atomic E-state index is 12.9. The highest BCUT2D eigenvalue weighted by Gasteiger charge is 2.28. The molecule has 0 spiro atoms. The molecule has 23 heavy (non-hydrogen) atoms. The fourth-order valence-electron chi connectivity index (χ4n) is 2.73. The third kappa shape index (κ3) is 2.45. The summed E-state index contributed by atoms with van der Waals surface area (Å²) in [6, 6.07) is 0. The van der Waals surface area contributed by atoms with E-state index in [1.54, 1.807) is 16.0 Å². The van der Waals surface area contributed by atoms with Gasteiger partial charge in [-0.1, -0.05) is 0 Å². The van der Waals surface area contributed by atoms with Crippen LogP contribution in [0.1, 0.15) is 37.8 Å². The smallest absolute Gasteiger partial charge is 0.260 e. The average Bonchev–Trinajstić information content (AvgIpc) is 3.24. The van der Waals surface area contributed by atoms with Gasteiger partial charge in [0.2, 0.25) is 0 Å². The molecule has 3 aromatic rings. The number of fused-ring (bicyclic) bond motifs is 1. The lowest BCUT2D eigenvalue weighted by atomic mass is 10.1. The Morgan fingerprint density at radius 3 is 2.87 bits per heavy atom. The van der Waals surface area contributed by atoms with Crippen molar-refractivity contribution in [3.63, 3.8) is 0 Å². The number of nitrogens with one attached hydrogen (secondary N) is 1. The van der Waals surface area contributed by atoms with Crippen LogP contribution in [0.4, 0.5) is 5.13 Å². The lowest BCUT2D eigenvalue weighted by Crippen LogP contribution is -2.15. The summed E-state index contributed by atoms with van der Waals surface area (Å²) >= 11 is 3.09. The summed E-state index contributed by atoms with van der Waals surface area (Å²) in [6.45, 7) is 3.94. The van der Waals surface area contributed by atoms with Crippen LogP contribution in [0.25, 0.3) is 5.00 Å². The van der Waals surface area contributed by atoms with Crippen molar-refractivity contribution < 1.29 is 4.79 Å². The van der Waals surface area contributed by atoms with Gasteiger partial charge in [0.1, 0.15) is 11.3 Å². The van der Waals surface area contributed by atoms with Crippen LogP contribution in [0.2, 0.25) is 0 Å². The molecule has 0 saturated heterocycles. The third-order valence-corrected chi connectivity index (χ3v) is 6.21. The van der Waals surface area contributed by atoms with Gasteiger partial charge >= 0.3 is 0 Å². The molecule has 3 heterocycles.